The fourth-order valence-corrected chi connectivity index (χ4v) is 3.78. The zero-order chi connectivity index (χ0) is 21.7. The van der Waals surface area contributed by atoms with Crippen molar-refractivity contribution in [1.29, 1.82) is 0 Å². The van der Waals surface area contributed by atoms with Crippen LogP contribution in [0.15, 0.2) is 47.4 Å². The van der Waals surface area contributed by atoms with E-state index in [9.17, 15) is 18.0 Å². The van der Waals surface area contributed by atoms with E-state index < -0.39 is 35.1 Å². The molecule has 1 amide bonds. The molecular weight excluding hydrogens is 412 g/mol. The summed E-state index contributed by atoms with van der Waals surface area (Å²) in [6, 6.07) is 11.2. The summed E-state index contributed by atoms with van der Waals surface area (Å²) >= 11 is 0. The van der Waals surface area contributed by atoms with Crippen molar-refractivity contribution in [3.05, 3.63) is 48.0 Å². The number of fused-ring (bicyclic) bond motifs is 1. The molecule has 0 bridgehead atoms. The molecule has 1 N–H and O–H groups in total. The standard InChI is InChI=1S/C20H22N2O7S/c1-14-3-6-16(7-4-14)30(25,26)22(2)12-20(24)29-13-19(23)21-15-5-8-17-18(11-15)28-10-9-27-17/h3-8,11H,9-10,12-13H2,1-2H3,(H,21,23). The Morgan fingerprint density at radius 3 is 2.43 bits per heavy atom. The molecule has 0 atom stereocenters. The molecule has 0 saturated carbocycles. The van der Waals surface area contributed by atoms with Gasteiger partial charge in [-0.25, -0.2) is 8.42 Å². The van der Waals surface area contributed by atoms with Crippen molar-refractivity contribution in [3.63, 3.8) is 0 Å². The number of sulfonamides is 1. The van der Waals surface area contributed by atoms with Gasteiger partial charge in [0.1, 0.15) is 19.8 Å². The third kappa shape index (κ3) is 5.28. The predicted octanol–water partition coefficient (Wildman–Crippen LogP) is 1.57. The number of nitrogens with one attached hydrogen (secondary N) is 1. The molecule has 160 valence electrons. The van der Waals surface area contributed by atoms with Crippen LogP contribution in [0.2, 0.25) is 0 Å². The molecule has 0 aromatic heterocycles. The summed E-state index contributed by atoms with van der Waals surface area (Å²) in [6.45, 7) is 1.65. The van der Waals surface area contributed by atoms with Crippen LogP contribution < -0.4 is 14.8 Å². The van der Waals surface area contributed by atoms with Crippen molar-refractivity contribution in [3.8, 4) is 11.5 Å². The van der Waals surface area contributed by atoms with Crippen LogP contribution in [-0.4, -0.2) is 58.0 Å². The van der Waals surface area contributed by atoms with E-state index in [2.05, 4.69) is 5.32 Å². The Morgan fingerprint density at radius 2 is 1.73 bits per heavy atom. The molecule has 0 saturated heterocycles. The molecule has 1 aliphatic heterocycles. The number of rotatable bonds is 7. The Hall–Kier alpha value is -3.11. The van der Waals surface area contributed by atoms with E-state index in [0.717, 1.165) is 9.87 Å². The van der Waals surface area contributed by atoms with Gasteiger partial charge in [0.25, 0.3) is 5.91 Å². The predicted molar refractivity (Wildman–Crippen MR) is 108 cm³/mol. The van der Waals surface area contributed by atoms with Crippen molar-refractivity contribution < 1.29 is 32.2 Å². The van der Waals surface area contributed by atoms with Crippen LogP contribution in [-0.2, 0) is 24.3 Å². The first-order valence-electron chi connectivity index (χ1n) is 9.14. The molecular formula is C20H22N2O7S. The molecule has 0 aliphatic carbocycles. The second kappa shape index (κ2) is 9.14. The first kappa shape index (κ1) is 21.6. The topological polar surface area (TPSA) is 111 Å². The van der Waals surface area contributed by atoms with Crippen LogP contribution in [0.3, 0.4) is 0 Å². The van der Waals surface area contributed by atoms with Gasteiger partial charge in [0.05, 0.1) is 4.90 Å². The maximum atomic E-state index is 12.5. The molecule has 30 heavy (non-hydrogen) atoms. The van der Waals surface area contributed by atoms with Gasteiger partial charge in [0.15, 0.2) is 18.1 Å². The molecule has 2 aromatic rings. The van der Waals surface area contributed by atoms with Crippen molar-refractivity contribution in [2.45, 2.75) is 11.8 Å². The summed E-state index contributed by atoms with van der Waals surface area (Å²) in [5, 5.41) is 2.58. The van der Waals surface area contributed by atoms with E-state index in [1.807, 2.05) is 6.92 Å². The second-order valence-corrected chi connectivity index (χ2v) is 8.69. The van der Waals surface area contributed by atoms with Gasteiger partial charge in [-0.2, -0.15) is 4.31 Å². The van der Waals surface area contributed by atoms with Gasteiger partial charge in [-0.1, -0.05) is 17.7 Å². The van der Waals surface area contributed by atoms with Crippen LogP contribution in [0.1, 0.15) is 5.56 Å². The van der Waals surface area contributed by atoms with Crippen molar-refractivity contribution >= 4 is 27.6 Å². The highest BCUT2D eigenvalue weighted by Crippen LogP contribution is 2.32. The minimum Gasteiger partial charge on any atom is -0.486 e. The van der Waals surface area contributed by atoms with Crippen LogP contribution in [0.4, 0.5) is 5.69 Å². The molecule has 2 aromatic carbocycles. The van der Waals surface area contributed by atoms with E-state index in [1.54, 1.807) is 30.3 Å². The molecule has 3 rings (SSSR count). The number of ether oxygens (including phenoxy) is 3. The van der Waals surface area contributed by atoms with Gasteiger partial charge in [-0.3, -0.25) is 9.59 Å². The lowest BCUT2D eigenvalue weighted by atomic mass is 10.2. The first-order chi connectivity index (χ1) is 14.3. The lowest BCUT2D eigenvalue weighted by Crippen LogP contribution is -2.34. The van der Waals surface area contributed by atoms with Gasteiger partial charge in [-0.05, 0) is 31.2 Å². The molecule has 1 heterocycles. The van der Waals surface area contributed by atoms with Crippen LogP contribution in [0.5, 0.6) is 11.5 Å². The summed E-state index contributed by atoms with van der Waals surface area (Å²) in [7, 11) is -2.57. The zero-order valence-electron chi connectivity index (χ0n) is 16.6. The average Bonchev–Trinajstić information content (AvgIpc) is 2.72. The SMILES string of the molecule is Cc1ccc(S(=O)(=O)N(C)CC(=O)OCC(=O)Nc2ccc3c(c2)OCCO3)cc1. The van der Waals surface area contributed by atoms with E-state index in [1.165, 1.54) is 19.2 Å². The number of anilines is 1. The number of hydrogen-bond acceptors (Lipinski definition) is 7. The third-order valence-electron chi connectivity index (χ3n) is 4.27. The number of amides is 1. The van der Waals surface area contributed by atoms with Gasteiger partial charge in [-0.15, -0.1) is 0 Å². The highest BCUT2D eigenvalue weighted by atomic mass is 32.2. The normalized spacial score (nSPS) is 13.0. The largest absolute Gasteiger partial charge is 0.486 e. The smallest absolute Gasteiger partial charge is 0.321 e. The number of aryl methyl sites for hydroxylation is 1. The van der Waals surface area contributed by atoms with E-state index in [0.29, 0.717) is 30.4 Å². The Labute approximate surface area is 174 Å². The fraction of sp³-hybridized carbons (Fsp3) is 0.300. The maximum Gasteiger partial charge on any atom is 0.321 e. The number of hydrogen-bond donors (Lipinski definition) is 1. The van der Waals surface area contributed by atoms with Gasteiger partial charge < -0.3 is 19.5 Å². The van der Waals surface area contributed by atoms with Crippen LogP contribution in [0.25, 0.3) is 0 Å². The lowest BCUT2D eigenvalue weighted by Gasteiger charge is -2.19. The van der Waals surface area contributed by atoms with Crippen LogP contribution >= 0.6 is 0 Å². The lowest BCUT2D eigenvalue weighted by molar-refractivity contribution is -0.147. The number of nitrogens with zero attached hydrogens (tertiary/aromatic N) is 1. The summed E-state index contributed by atoms with van der Waals surface area (Å²) in [5.41, 5.74) is 1.37. The Balaban J connectivity index is 1.50. The minimum absolute atomic E-state index is 0.0692. The summed E-state index contributed by atoms with van der Waals surface area (Å²) < 4.78 is 41.6. The number of likely N-dealkylation sites (N-methyl/N-ethyl adjacent to an activating group) is 1. The molecule has 0 unspecified atom stereocenters. The van der Waals surface area contributed by atoms with Crippen molar-refractivity contribution in [2.75, 3.05) is 38.7 Å². The molecule has 1 aliphatic rings. The van der Waals surface area contributed by atoms with E-state index in [4.69, 9.17) is 14.2 Å². The molecule has 0 fully saturated rings. The van der Waals surface area contributed by atoms with E-state index in [-0.39, 0.29) is 4.90 Å². The zero-order valence-corrected chi connectivity index (χ0v) is 17.4. The van der Waals surface area contributed by atoms with Crippen molar-refractivity contribution in [2.24, 2.45) is 0 Å². The Morgan fingerprint density at radius 1 is 1.07 bits per heavy atom. The summed E-state index contributed by atoms with van der Waals surface area (Å²) in [6.07, 6.45) is 0. The Bertz CT molecular complexity index is 1040. The number of carbonyl (C=O) groups is 2. The average molecular weight is 434 g/mol. The third-order valence-corrected chi connectivity index (χ3v) is 6.09. The maximum absolute atomic E-state index is 12.5. The van der Waals surface area contributed by atoms with Crippen LogP contribution in [0, 0.1) is 6.92 Å². The quantitative estimate of drug-likeness (QED) is 0.659. The first-order valence-corrected chi connectivity index (χ1v) is 10.6. The second-order valence-electron chi connectivity index (χ2n) is 6.64. The molecule has 10 heteroatoms. The number of benzene rings is 2. The highest BCUT2D eigenvalue weighted by molar-refractivity contribution is 7.89. The van der Waals surface area contributed by atoms with Crippen molar-refractivity contribution in [1.82, 2.24) is 4.31 Å². The van der Waals surface area contributed by atoms with Gasteiger partial charge in [0, 0.05) is 18.8 Å². The fourth-order valence-electron chi connectivity index (χ4n) is 2.67. The number of carbonyl (C=O) groups excluding carboxylic acids is 2. The molecule has 0 spiro atoms. The van der Waals surface area contributed by atoms with E-state index >= 15 is 0 Å². The molecule has 0 radical (unpaired) electrons. The summed E-state index contributed by atoms with van der Waals surface area (Å²) in [4.78, 5) is 24.1. The Kier molecular flexibility index (Phi) is 6.58. The van der Waals surface area contributed by atoms with Gasteiger partial charge >= 0.3 is 5.97 Å². The summed E-state index contributed by atoms with van der Waals surface area (Å²) in [5.74, 6) is -0.308. The number of esters is 1. The molecule has 9 nitrogen and oxygen atoms in total. The minimum atomic E-state index is -3.84. The highest BCUT2D eigenvalue weighted by Gasteiger charge is 2.24. The van der Waals surface area contributed by atoms with Gasteiger partial charge in [0.2, 0.25) is 10.0 Å². The monoisotopic (exact) mass is 434 g/mol.